The van der Waals surface area contributed by atoms with E-state index in [0.29, 0.717) is 12.8 Å². The molecular weight excluding hydrogens is 356 g/mol. The highest BCUT2D eigenvalue weighted by molar-refractivity contribution is 6.29. The summed E-state index contributed by atoms with van der Waals surface area (Å²) in [6.07, 6.45) is 15.8. The van der Waals surface area contributed by atoms with Crippen LogP contribution in [0.2, 0.25) is 0 Å². The summed E-state index contributed by atoms with van der Waals surface area (Å²) in [5.74, 6) is -2.10. The maximum Gasteiger partial charge on any atom is 0.419 e. The fourth-order valence-corrected chi connectivity index (χ4v) is 3.09. The Morgan fingerprint density at radius 1 is 0.571 bits per heavy atom. The number of rotatable bonds is 18. The highest BCUT2D eigenvalue weighted by atomic mass is 16.6. The van der Waals surface area contributed by atoms with Crippen molar-refractivity contribution in [2.45, 2.75) is 129 Å². The van der Waals surface area contributed by atoms with Gasteiger partial charge in [0.05, 0.1) is 0 Å². The number of nitrogens with two attached hydrogens (primary N) is 2. The van der Waals surface area contributed by atoms with Gasteiger partial charge in [-0.05, 0) is 25.7 Å². The van der Waals surface area contributed by atoms with Crippen LogP contribution in [-0.2, 0) is 19.1 Å². The van der Waals surface area contributed by atoms with Gasteiger partial charge in [0, 0.05) is 0 Å². The molecule has 6 heteroatoms. The van der Waals surface area contributed by atoms with Crippen LogP contribution in [0.1, 0.15) is 117 Å². The van der Waals surface area contributed by atoms with Gasteiger partial charge in [-0.15, -0.1) is 0 Å². The van der Waals surface area contributed by atoms with Crippen LogP contribution in [0.15, 0.2) is 0 Å². The van der Waals surface area contributed by atoms with E-state index in [4.69, 9.17) is 20.9 Å². The molecule has 0 saturated carbocycles. The molecule has 0 heterocycles. The fourth-order valence-electron chi connectivity index (χ4n) is 3.09. The molecule has 166 valence electrons. The van der Waals surface area contributed by atoms with Gasteiger partial charge in [-0.3, -0.25) is 11.5 Å². The van der Waals surface area contributed by atoms with Crippen molar-refractivity contribution in [2.24, 2.45) is 11.5 Å². The second-order valence-corrected chi connectivity index (χ2v) is 7.71. The summed E-state index contributed by atoms with van der Waals surface area (Å²) in [7, 11) is 0. The van der Waals surface area contributed by atoms with Crippen LogP contribution < -0.4 is 11.5 Å². The average Bonchev–Trinajstić information content (AvgIpc) is 2.66. The van der Waals surface area contributed by atoms with Crippen molar-refractivity contribution < 1.29 is 19.1 Å². The Morgan fingerprint density at radius 3 is 1.18 bits per heavy atom. The quantitative estimate of drug-likeness (QED) is 0.146. The number of carbonyl (C=O) groups is 2. The Hall–Kier alpha value is -1.14. The summed E-state index contributed by atoms with van der Waals surface area (Å²) in [6, 6.07) is 0. The molecular formula is C22H44N2O4. The minimum absolute atomic E-state index is 0.552. The Bertz CT molecular complexity index is 355. The van der Waals surface area contributed by atoms with Crippen molar-refractivity contribution in [1.82, 2.24) is 0 Å². The van der Waals surface area contributed by atoms with Gasteiger partial charge < -0.3 is 9.47 Å². The van der Waals surface area contributed by atoms with E-state index in [0.717, 1.165) is 38.5 Å². The second kappa shape index (κ2) is 19.2. The van der Waals surface area contributed by atoms with Crippen LogP contribution in [-0.4, -0.2) is 24.4 Å². The topological polar surface area (TPSA) is 105 Å². The Kier molecular flexibility index (Phi) is 18.4. The number of carbonyl (C=O) groups excluding carboxylic acids is 2. The van der Waals surface area contributed by atoms with Crippen molar-refractivity contribution in [3.05, 3.63) is 0 Å². The zero-order valence-electron chi connectivity index (χ0n) is 18.3. The lowest BCUT2D eigenvalue weighted by Crippen LogP contribution is -2.35. The Labute approximate surface area is 172 Å². The molecule has 0 aromatic carbocycles. The zero-order chi connectivity index (χ0) is 21.0. The Morgan fingerprint density at radius 2 is 0.857 bits per heavy atom. The predicted octanol–water partition coefficient (Wildman–Crippen LogP) is 4.92. The van der Waals surface area contributed by atoms with E-state index in [1.165, 1.54) is 51.4 Å². The third-order valence-corrected chi connectivity index (χ3v) is 4.87. The van der Waals surface area contributed by atoms with E-state index >= 15 is 0 Å². The van der Waals surface area contributed by atoms with Crippen LogP contribution in [0.3, 0.4) is 0 Å². The fraction of sp³-hybridized carbons (Fsp3) is 0.909. The molecule has 6 nitrogen and oxygen atoms in total. The Balaban J connectivity index is 3.70. The summed E-state index contributed by atoms with van der Waals surface area (Å²) in [5.41, 5.74) is 11.5. The second-order valence-electron chi connectivity index (χ2n) is 7.71. The van der Waals surface area contributed by atoms with E-state index in [1.54, 1.807) is 0 Å². The smallest absolute Gasteiger partial charge is 0.419 e. The first kappa shape index (κ1) is 26.9. The van der Waals surface area contributed by atoms with Gasteiger partial charge in [0.2, 0.25) is 0 Å². The van der Waals surface area contributed by atoms with E-state index in [9.17, 15) is 9.59 Å². The molecule has 0 aliphatic heterocycles. The molecule has 28 heavy (non-hydrogen) atoms. The molecule has 0 radical (unpaired) electrons. The highest BCUT2D eigenvalue weighted by Gasteiger charge is 2.22. The third-order valence-electron chi connectivity index (χ3n) is 4.87. The van der Waals surface area contributed by atoms with E-state index < -0.39 is 24.4 Å². The summed E-state index contributed by atoms with van der Waals surface area (Å²) >= 11 is 0. The van der Waals surface area contributed by atoms with Crippen LogP contribution in [0.25, 0.3) is 0 Å². The molecule has 0 aliphatic carbocycles. The zero-order valence-corrected chi connectivity index (χ0v) is 18.3. The van der Waals surface area contributed by atoms with Gasteiger partial charge in [0.15, 0.2) is 12.5 Å². The summed E-state index contributed by atoms with van der Waals surface area (Å²) < 4.78 is 9.89. The summed E-state index contributed by atoms with van der Waals surface area (Å²) in [6.45, 7) is 4.39. The summed E-state index contributed by atoms with van der Waals surface area (Å²) in [5, 5.41) is 0. The molecule has 0 bridgehead atoms. The van der Waals surface area contributed by atoms with Crippen LogP contribution in [0.4, 0.5) is 0 Å². The van der Waals surface area contributed by atoms with Crippen molar-refractivity contribution in [1.29, 1.82) is 0 Å². The predicted molar refractivity (Wildman–Crippen MR) is 113 cm³/mol. The van der Waals surface area contributed by atoms with Gasteiger partial charge in [0.1, 0.15) is 0 Å². The van der Waals surface area contributed by atoms with E-state index in [-0.39, 0.29) is 0 Å². The number of hydrogen-bond donors (Lipinski definition) is 2. The minimum Gasteiger partial charge on any atom is -0.438 e. The van der Waals surface area contributed by atoms with Gasteiger partial charge in [0.25, 0.3) is 0 Å². The lowest BCUT2D eigenvalue weighted by Gasteiger charge is -2.15. The molecule has 0 aliphatic rings. The van der Waals surface area contributed by atoms with Gasteiger partial charge >= 0.3 is 11.9 Å². The minimum atomic E-state index is -1.05. The number of esters is 2. The van der Waals surface area contributed by atoms with Gasteiger partial charge in [-0.1, -0.05) is 90.9 Å². The molecule has 0 aromatic heterocycles. The normalized spacial score (nSPS) is 13.1. The van der Waals surface area contributed by atoms with Crippen LogP contribution in [0, 0.1) is 0 Å². The molecule has 2 atom stereocenters. The summed E-state index contributed by atoms with van der Waals surface area (Å²) in [4.78, 5) is 23.5. The lowest BCUT2D eigenvalue weighted by atomic mass is 10.1. The molecule has 4 N–H and O–H groups in total. The van der Waals surface area contributed by atoms with Crippen molar-refractivity contribution >= 4 is 11.9 Å². The van der Waals surface area contributed by atoms with Crippen molar-refractivity contribution in [2.75, 3.05) is 0 Å². The largest absolute Gasteiger partial charge is 0.438 e. The van der Waals surface area contributed by atoms with Gasteiger partial charge in [-0.2, -0.15) is 0 Å². The SMILES string of the molecule is CCCCCCCCCC(N)OC(=O)C(=O)OC(N)CCCCCCCCC. The molecule has 0 spiro atoms. The maximum atomic E-state index is 11.7. The van der Waals surface area contributed by atoms with E-state index in [2.05, 4.69) is 13.8 Å². The first-order chi connectivity index (χ1) is 13.5. The molecule has 2 unspecified atom stereocenters. The van der Waals surface area contributed by atoms with Crippen molar-refractivity contribution in [3.63, 3.8) is 0 Å². The standard InChI is InChI=1S/C22H44N2O4/c1-3-5-7-9-11-13-15-17-19(23)27-21(25)22(26)28-20(24)18-16-14-12-10-8-6-4-2/h19-20H,3-18,23-24H2,1-2H3. The highest BCUT2D eigenvalue weighted by Crippen LogP contribution is 2.11. The monoisotopic (exact) mass is 400 g/mol. The first-order valence-electron chi connectivity index (χ1n) is 11.4. The molecule has 0 aromatic rings. The number of hydrogen-bond acceptors (Lipinski definition) is 6. The van der Waals surface area contributed by atoms with Crippen LogP contribution in [0.5, 0.6) is 0 Å². The number of ether oxygens (including phenoxy) is 2. The van der Waals surface area contributed by atoms with Crippen LogP contribution >= 0.6 is 0 Å². The number of unbranched alkanes of at least 4 members (excludes halogenated alkanes) is 12. The third kappa shape index (κ3) is 17.0. The molecule has 0 saturated heterocycles. The van der Waals surface area contributed by atoms with Gasteiger partial charge in [-0.25, -0.2) is 9.59 Å². The maximum absolute atomic E-state index is 11.7. The molecule has 0 rings (SSSR count). The molecule has 0 fully saturated rings. The lowest BCUT2D eigenvalue weighted by molar-refractivity contribution is -0.174. The van der Waals surface area contributed by atoms with Crippen molar-refractivity contribution in [3.8, 4) is 0 Å². The molecule has 0 amide bonds. The van der Waals surface area contributed by atoms with E-state index in [1.807, 2.05) is 0 Å². The average molecular weight is 401 g/mol. The first-order valence-corrected chi connectivity index (χ1v) is 11.4.